The molecule has 0 aliphatic heterocycles. The molecule has 0 bridgehead atoms. The number of phenolic OH excluding ortho intramolecular Hbond substituents is 1. The molecular formula is C20H19NO4. The average Bonchev–Trinajstić information content (AvgIpc) is 2.65. The molecule has 25 heavy (non-hydrogen) atoms. The maximum atomic E-state index is 9.94. The number of nitrogens with zero attached hydrogens (tertiary/aromatic N) is 1. The van der Waals surface area contributed by atoms with Gasteiger partial charge in [0.05, 0.1) is 27.0 Å². The maximum absolute atomic E-state index is 9.94. The summed E-state index contributed by atoms with van der Waals surface area (Å²) in [7, 11) is 4.73. The van der Waals surface area contributed by atoms with Crippen molar-refractivity contribution in [2.75, 3.05) is 21.3 Å². The Morgan fingerprint density at radius 3 is 2.24 bits per heavy atom. The Morgan fingerprint density at radius 1 is 0.880 bits per heavy atom. The summed E-state index contributed by atoms with van der Waals surface area (Å²) in [4.78, 5) is 4.48. The molecule has 0 fully saturated rings. The normalized spacial score (nSPS) is 11.0. The molecule has 2 aromatic carbocycles. The van der Waals surface area contributed by atoms with Crippen LogP contribution in [-0.2, 0) is 0 Å². The first kappa shape index (κ1) is 16.6. The van der Waals surface area contributed by atoms with Crippen molar-refractivity contribution < 1.29 is 19.3 Å². The number of aromatic hydroxyl groups is 1. The van der Waals surface area contributed by atoms with E-state index in [1.54, 1.807) is 33.5 Å². The third-order valence-corrected chi connectivity index (χ3v) is 3.85. The van der Waals surface area contributed by atoms with Crippen LogP contribution >= 0.6 is 0 Å². The summed E-state index contributed by atoms with van der Waals surface area (Å²) in [5.41, 5.74) is 2.20. The van der Waals surface area contributed by atoms with Gasteiger partial charge in [-0.15, -0.1) is 0 Å². The van der Waals surface area contributed by atoms with Gasteiger partial charge in [0.25, 0.3) is 0 Å². The molecule has 0 saturated carbocycles. The number of benzene rings is 2. The number of hydrogen-bond donors (Lipinski definition) is 1. The molecular weight excluding hydrogens is 318 g/mol. The van der Waals surface area contributed by atoms with Gasteiger partial charge in [0.15, 0.2) is 11.5 Å². The van der Waals surface area contributed by atoms with Crippen LogP contribution in [0.25, 0.3) is 23.1 Å². The Hall–Kier alpha value is -3.21. The second-order valence-corrected chi connectivity index (χ2v) is 5.38. The fourth-order valence-electron chi connectivity index (χ4n) is 2.62. The quantitative estimate of drug-likeness (QED) is 0.758. The minimum atomic E-state index is 0.167. The standard InChI is InChI=1S/C20H19NO4/c1-23-17-11-13(12-18(24-2)20(17)25-3)7-9-15-10-8-14-5-4-6-16(22)19(14)21-15/h4-12,22H,1-3H3/b9-7+. The number of aromatic nitrogens is 1. The number of para-hydroxylation sites is 1. The van der Waals surface area contributed by atoms with Crippen molar-refractivity contribution in [2.24, 2.45) is 0 Å². The van der Waals surface area contributed by atoms with Crippen LogP contribution in [0, 0.1) is 0 Å². The van der Waals surface area contributed by atoms with Crippen LogP contribution < -0.4 is 14.2 Å². The van der Waals surface area contributed by atoms with E-state index in [-0.39, 0.29) is 5.75 Å². The maximum Gasteiger partial charge on any atom is 0.203 e. The summed E-state index contributed by atoms with van der Waals surface area (Å²) >= 11 is 0. The minimum absolute atomic E-state index is 0.167. The van der Waals surface area contributed by atoms with Gasteiger partial charge in [-0.3, -0.25) is 0 Å². The third kappa shape index (κ3) is 3.35. The molecule has 0 atom stereocenters. The lowest BCUT2D eigenvalue weighted by atomic mass is 10.1. The lowest BCUT2D eigenvalue weighted by Crippen LogP contribution is -1.95. The highest BCUT2D eigenvalue weighted by atomic mass is 16.5. The zero-order chi connectivity index (χ0) is 17.8. The molecule has 0 spiro atoms. The molecule has 5 nitrogen and oxygen atoms in total. The first-order chi connectivity index (χ1) is 12.2. The van der Waals surface area contributed by atoms with E-state index in [4.69, 9.17) is 14.2 Å². The van der Waals surface area contributed by atoms with Crippen molar-refractivity contribution in [1.82, 2.24) is 4.98 Å². The van der Waals surface area contributed by atoms with Gasteiger partial charge < -0.3 is 19.3 Å². The minimum Gasteiger partial charge on any atom is -0.506 e. The molecule has 0 aliphatic carbocycles. The molecule has 128 valence electrons. The molecule has 5 heteroatoms. The molecule has 0 unspecified atom stereocenters. The van der Waals surface area contributed by atoms with Crippen molar-refractivity contribution in [2.45, 2.75) is 0 Å². The topological polar surface area (TPSA) is 60.8 Å². The van der Waals surface area contributed by atoms with Crippen LogP contribution in [-0.4, -0.2) is 31.4 Å². The summed E-state index contributed by atoms with van der Waals surface area (Å²) in [5.74, 6) is 1.90. The molecule has 0 amide bonds. The van der Waals surface area contributed by atoms with Gasteiger partial charge >= 0.3 is 0 Å². The van der Waals surface area contributed by atoms with E-state index in [1.807, 2.05) is 42.5 Å². The number of phenols is 1. The number of hydrogen-bond acceptors (Lipinski definition) is 5. The number of pyridine rings is 1. The Kier molecular flexibility index (Phi) is 4.75. The van der Waals surface area contributed by atoms with E-state index >= 15 is 0 Å². The zero-order valence-electron chi connectivity index (χ0n) is 14.3. The van der Waals surface area contributed by atoms with Gasteiger partial charge in [-0.05, 0) is 35.9 Å². The molecule has 3 rings (SSSR count). The summed E-state index contributed by atoms with van der Waals surface area (Å²) < 4.78 is 16.0. The Morgan fingerprint density at radius 2 is 1.60 bits per heavy atom. The predicted octanol–water partition coefficient (Wildman–Crippen LogP) is 4.14. The van der Waals surface area contributed by atoms with E-state index in [0.717, 1.165) is 16.6 Å². The third-order valence-electron chi connectivity index (χ3n) is 3.85. The molecule has 0 radical (unpaired) electrons. The second-order valence-electron chi connectivity index (χ2n) is 5.38. The highest BCUT2D eigenvalue weighted by Gasteiger charge is 2.12. The van der Waals surface area contributed by atoms with Crippen molar-refractivity contribution in [3.05, 3.63) is 53.7 Å². The van der Waals surface area contributed by atoms with E-state index in [9.17, 15) is 5.11 Å². The summed E-state index contributed by atoms with van der Waals surface area (Å²) in [5, 5.41) is 10.8. The van der Waals surface area contributed by atoms with Crippen LogP contribution in [0.4, 0.5) is 0 Å². The van der Waals surface area contributed by atoms with Gasteiger partial charge in [0, 0.05) is 5.39 Å². The highest BCUT2D eigenvalue weighted by Crippen LogP contribution is 2.38. The molecule has 1 aromatic heterocycles. The monoisotopic (exact) mass is 337 g/mol. The van der Waals surface area contributed by atoms with Crippen LogP contribution in [0.2, 0.25) is 0 Å². The van der Waals surface area contributed by atoms with Gasteiger partial charge in [-0.25, -0.2) is 4.98 Å². The van der Waals surface area contributed by atoms with Crippen LogP contribution in [0.1, 0.15) is 11.3 Å². The number of ether oxygens (including phenoxy) is 3. The fraction of sp³-hybridized carbons (Fsp3) is 0.150. The van der Waals surface area contributed by atoms with E-state index in [0.29, 0.717) is 22.8 Å². The highest BCUT2D eigenvalue weighted by molar-refractivity contribution is 5.85. The zero-order valence-corrected chi connectivity index (χ0v) is 14.3. The summed E-state index contributed by atoms with van der Waals surface area (Å²) in [6, 6.07) is 12.9. The van der Waals surface area contributed by atoms with Crippen molar-refractivity contribution >= 4 is 23.1 Å². The Bertz CT molecular complexity index is 909. The van der Waals surface area contributed by atoms with E-state index in [2.05, 4.69) is 4.98 Å². The molecule has 1 N–H and O–H groups in total. The van der Waals surface area contributed by atoms with E-state index in [1.165, 1.54) is 0 Å². The van der Waals surface area contributed by atoms with Crippen molar-refractivity contribution in [3.63, 3.8) is 0 Å². The number of rotatable bonds is 5. The molecule has 3 aromatic rings. The van der Waals surface area contributed by atoms with Gasteiger partial charge in [0.1, 0.15) is 11.3 Å². The summed E-state index contributed by atoms with van der Waals surface area (Å²) in [6.45, 7) is 0. The van der Waals surface area contributed by atoms with Gasteiger partial charge in [-0.2, -0.15) is 0 Å². The average molecular weight is 337 g/mol. The van der Waals surface area contributed by atoms with E-state index < -0.39 is 0 Å². The second kappa shape index (κ2) is 7.13. The summed E-state index contributed by atoms with van der Waals surface area (Å²) in [6.07, 6.45) is 3.77. The lowest BCUT2D eigenvalue weighted by molar-refractivity contribution is 0.324. The van der Waals surface area contributed by atoms with Gasteiger partial charge in [-0.1, -0.05) is 24.3 Å². The lowest BCUT2D eigenvalue weighted by Gasteiger charge is -2.12. The molecule has 1 heterocycles. The smallest absolute Gasteiger partial charge is 0.203 e. The first-order valence-corrected chi connectivity index (χ1v) is 7.73. The van der Waals surface area contributed by atoms with Crippen LogP contribution in [0.5, 0.6) is 23.0 Å². The first-order valence-electron chi connectivity index (χ1n) is 7.73. The molecule has 0 aliphatic rings. The van der Waals surface area contributed by atoms with Crippen LogP contribution in [0.15, 0.2) is 42.5 Å². The number of fused-ring (bicyclic) bond motifs is 1. The van der Waals surface area contributed by atoms with Crippen LogP contribution in [0.3, 0.4) is 0 Å². The molecule has 0 saturated heterocycles. The Balaban J connectivity index is 1.98. The number of methoxy groups -OCH3 is 3. The van der Waals surface area contributed by atoms with Crippen molar-refractivity contribution in [3.8, 4) is 23.0 Å². The fourth-order valence-corrected chi connectivity index (χ4v) is 2.62. The SMILES string of the molecule is COc1cc(/C=C/c2ccc3cccc(O)c3n2)cc(OC)c1OC. The largest absolute Gasteiger partial charge is 0.506 e. The predicted molar refractivity (Wildman–Crippen MR) is 98.4 cm³/mol. The van der Waals surface area contributed by atoms with Gasteiger partial charge in [0.2, 0.25) is 5.75 Å². The van der Waals surface area contributed by atoms with Crippen molar-refractivity contribution in [1.29, 1.82) is 0 Å². The Labute approximate surface area is 146 Å².